The number of para-hydroxylation sites is 1. The predicted octanol–water partition coefficient (Wildman–Crippen LogP) is 4.63. The van der Waals surface area contributed by atoms with Crippen LogP contribution >= 0.6 is 11.3 Å². The van der Waals surface area contributed by atoms with E-state index in [1.54, 1.807) is 23.4 Å². The standard InChI is InChI=1S/C24H27N5O2S/c1-4-28(5-2)14-15-29(23(30)17-10-11-18-19(16-17)26-13-12-25-18)24-27-22-20(31-6-3)8-7-9-21(22)32-24/h7-13,16H,4-6,14-15H2,1-3H3. The number of anilines is 1. The zero-order valence-corrected chi connectivity index (χ0v) is 19.4. The van der Waals surface area contributed by atoms with Crippen LogP contribution in [0.3, 0.4) is 0 Å². The molecule has 0 spiro atoms. The number of ether oxygens (including phenoxy) is 1. The Labute approximate surface area is 191 Å². The summed E-state index contributed by atoms with van der Waals surface area (Å²) < 4.78 is 6.75. The van der Waals surface area contributed by atoms with Crippen LogP contribution < -0.4 is 9.64 Å². The van der Waals surface area contributed by atoms with E-state index in [1.807, 2.05) is 37.3 Å². The minimum atomic E-state index is -0.0956. The van der Waals surface area contributed by atoms with Crippen LogP contribution in [0.15, 0.2) is 48.8 Å². The van der Waals surface area contributed by atoms with Crippen LogP contribution in [0.2, 0.25) is 0 Å². The van der Waals surface area contributed by atoms with Crippen LogP contribution in [0.4, 0.5) is 5.13 Å². The molecule has 0 unspecified atom stereocenters. The first-order chi connectivity index (χ1) is 15.6. The molecule has 0 aliphatic heterocycles. The number of nitrogens with zero attached hydrogens (tertiary/aromatic N) is 5. The van der Waals surface area contributed by atoms with E-state index in [1.165, 1.54) is 11.3 Å². The smallest absolute Gasteiger partial charge is 0.260 e. The highest BCUT2D eigenvalue weighted by atomic mass is 32.1. The third-order valence-electron chi connectivity index (χ3n) is 5.40. The summed E-state index contributed by atoms with van der Waals surface area (Å²) in [6, 6.07) is 11.3. The number of carbonyl (C=O) groups is 1. The summed E-state index contributed by atoms with van der Waals surface area (Å²) in [6.07, 6.45) is 3.29. The number of benzene rings is 2. The highest BCUT2D eigenvalue weighted by Crippen LogP contribution is 2.35. The summed E-state index contributed by atoms with van der Waals surface area (Å²) in [5.41, 5.74) is 2.83. The Morgan fingerprint density at radius 3 is 2.53 bits per heavy atom. The van der Waals surface area contributed by atoms with Crippen molar-refractivity contribution in [2.75, 3.05) is 37.7 Å². The van der Waals surface area contributed by atoms with Crippen molar-refractivity contribution < 1.29 is 9.53 Å². The number of hydrogen-bond donors (Lipinski definition) is 0. The predicted molar refractivity (Wildman–Crippen MR) is 130 cm³/mol. The molecule has 2 aromatic heterocycles. The number of hydrogen-bond acceptors (Lipinski definition) is 7. The average molecular weight is 450 g/mol. The number of rotatable bonds is 9. The molecule has 0 N–H and O–H groups in total. The van der Waals surface area contributed by atoms with Gasteiger partial charge in [0.25, 0.3) is 5.91 Å². The van der Waals surface area contributed by atoms with Crippen LogP contribution in [0, 0.1) is 0 Å². The Bertz CT molecular complexity index is 1220. The van der Waals surface area contributed by atoms with Crippen LogP contribution in [-0.2, 0) is 0 Å². The maximum absolute atomic E-state index is 13.7. The van der Waals surface area contributed by atoms with Gasteiger partial charge in [-0.3, -0.25) is 19.7 Å². The molecule has 0 fully saturated rings. The molecule has 0 saturated heterocycles. The van der Waals surface area contributed by atoms with Crippen LogP contribution in [-0.4, -0.2) is 58.5 Å². The monoisotopic (exact) mass is 449 g/mol. The molecule has 0 bridgehead atoms. The van der Waals surface area contributed by atoms with Crippen LogP contribution in [0.5, 0.6) is 5.75 Å². The molecule has 166 valence electrons. The van der Waals surface area contributed by atoms with E-state index in [9.17, 15) is 4.79 Å². The second-order valence-corrected chi connectivity index (χ2v) is 8.28. The van der Waals surface area contributed by atoms with Crippen LogP contribution in [0.25, 0.3) is 21.3 Å². The van der Waals surface area contributed by atoms with E-state index in [4.69, 9.17) is 9.72 Å². The number of carbonyl (C=O) groups excluding carboxylic acids is 1. The maximum atomic E-state index is 13.7. The molecule has 0 atom stereocenters. The highest BCUT2D eigenvalue weighted by Gasteiger charge is 2.23. The fourth-order valence-electron chi connectivity index (χ4n) is 3.62. The lowest BCUT2D eigenvalue weighted by Gasteiger charge is -2.24. The average Bonchev–Trinajstić information content (AvgIpc) is 3.26. The molecule has 0 aliphatic carbocycles. The molecule has 2 heterocycles. The van der Waals surface area contributed by atoms with Gasteiger partial charge in [-0.2, -0.15) is 0 Å². The number of thiazole rings is 1. The molecular weight excluding hydrogens is 422 g/mol. The lowest BCUT2D eigenvalue weighted by Crippen LogP contribution is -2.38. The van der Waals surface area contributed by atoms with E-state index in [0.717, 1.165) is 41.1 Å². The van der Waals surface area contributed by atoms with Crippen molar-refractivity contribution in [3.05, 3.63) is 54.4 Å². The maximum Gasteiger partial charge on any atom is 0.260 e. The van der Waals surface area contributed by atoms with Crippen molar-refractivity contribution in [1.82, 2.24) is 19.9 Å². The Kier molecular flexibility index (Phi) is 6.92. The van der Waals surface area contributed by atoms with Gasteiger partial charge in [0.05, 0.1) is 22.3 Å². The van der Waals surface area contributed by atoms with E-state index < -0.39 is 0 Å². The number of aromatic nitrogens is 3. The van der Waals surface area contributed by atoms with Crippen LogP contribution in [0.1, 0.15) is 31.1 Å². The molecule has 1 amide bonds. The van der Waals surface area contributed by atoms with E-state index >= 15 is 0 Å². The van der Waals surface area contributed by atoms with Crippen molar-refractivity contribution in [1.29, 1.82) is 0 Å². The van der Waals surface area contributed by atoms with E-state index in [-0.39, 0.29) is 5.91 Å². The van der Waals surface area contributed by atoms with Crippen molar-refractivity contribution in [2.45, 2.75) is 20.8 Å². The number of amides is 1. The molecule has 4 aromatic rings. The minimum Gasteiger partial charge on any atom is -0.492 e. The Morgan fingerprint density at radius 2 is 1.78 bits per heavy atom. The fourth-order valence-corrected chi connectivity index (χ4v) is 4.62. The third-order valence-corrected chi connectivity index (χ3v) is 6.44. The van der Waals surface area contributed by atoms with Gasteiger partial charge in [-0.1, -0.05) is 31.3 Å². The van der Waals surface area contributed by atoms with Gasteiger partial charge in [0.15, 0.2) is 5.13 Å². The Morgan fingerprint density at radius 1 is 1.00 bits per heavy atom. The van der Waals surface area contributed by atoms with Gasteiger partial charge < -0.3 is 9.64 Å². The second-order valence-electron chi connectivity index (χ2n) is 7.28. The summed E-state index contributed by atoms with van der Waals surface area (Å²) in [6.45, 7) is 9.94. The zero-order valence-electron chi connectivity index (χ0n) is 18.6. The largest absolute Gasteiger partial charge is 0.492 e. The molecule has 7 nitrogen and oxygen atoms in total. The quantitative estimate of drug-likeness (QED) is 0.371. The molecule has 32 heavy (non-hydrogen) atoms. The first kappa shape index (κ1) is 22.1. The fraction of sp³-hybridized carbons (Fsp3) is 0.333. The molecule has 2 aromatic carbocycles. The summed E-state index contributed by atoms with van der Waals surface area (Å²) in [5, 5.41) is 0.670. The molecule has 8 heteroatoms. The Hall–Kier alpha value is -3.10. The van der Waals surface area contributed by atoms with Gasteiger partial charge in [-0.25, -0.2) is 4.98 Å². The highest BCUT2D eigenvalue weighted by molar-refractivity contribution is 7.22. The van der Waals surface area contributed by atoms with Crippen molar-refractivity contribution in [2.24, 2.45) is 0 Å². The third kappa shape index (κ3) is 4.56. The Balaban J connectivity index is 1.73. The van der Waals surface area contributed by atoms with Gasteiger partial charge >= 0.3 is 0 Å². The first-order valence-corrected chi connectivity index (χ1v) is 11.7. The normalized spacial score (nSPS) is 11.4. The van der Waals surface area contributed by atoms with Gasteiger partial charge in [0.2, 0.25) is 0 Å². The van der Waals surface area contributed by atoms with E-state index in [0.29, 0.717) is 29.4 Å². The van der Waals surface area contributed by atoms with Gasteiger partial charge in [0.1, 0.15) is 11.3 Å². The molecule has 4 rings (SSSR count). The molecular formula is C24H27N5O2S. The molecule has 0 aliphatic rings. The lowest BCUT2D eigenvalue weighted by atomic mass is 10.1. The zero-order chi connectivity index (χ0) is 22.5. The van der Waals surface area contributed by atoms with E-state index in [2.05, 4.69) is 28.7 Å². The van der Waals surface area contributed by atoms with Crippen molar-refractivity contribution in [3.8, 4) is 5.75 Å². The second kappa shape index (κ2) is 10.0. The summed E-state index contributed by atoms with van der Waals surface area (Å²) >= 11 is 1.51. The van der Waals surface area contributed by atoms with Crippen molar-refractivity contribution >= 4 is 43.6 Å². The molecule has 0 saturated carbocycles. The first-order valence-electron chi connectivity index (χ1n) is 10.9. The summed E-state index contributed by atoms with van der Waals surface area (Å²) in [7, 11) is 0. The number of fused-ring (bicyclic) bond motifs is 2. The summed E-state index contributed by atoms with van der Waals surface area (Å²) in [5.74, 6) is 0.645. The van der Waals surface area contributed by atoms with Gasteiger partial charge in [0, 0.05) is 31.0 Å². The van der Waals surface area contributed by atoms with Gasteiger partial charge in [-0.15, -0.1) is 0 Å². The van der Waals surface area contributed by atoms with Gasteiger partial charge in [-0.05, 0) is 50.3 Å². The summed E-state index contributed by atoms with van der Waals surface area (Å²) in [4.78, 5) is 31.2. The minimum absolute atomic E-state index is 0.0956. The topological polar surface area (TPSA) is 71.5 Å². The SMILES string of the molecule is CCOc1cccc2sc(N(CCN(CC)CC)C(=O)c3ccc4nccnc4c3)nc12. The number of likely N-dealkylation sites (N-methyl/N-ethyl adjacent to an activating group) is 1. The lowest BCUT2D eigenvalue weighted by molar-refractivity contribution is 0.0984. The molecule has 0 radical (unpaired) electrons. The van der Waals surface area contributed by atoms with Crippen molar-refractivity contribution in [3.63, 3.8) is 0 Å².